The molecule has 0 heterocycles. The molecule has 0 fully saturated rings. The first kappa shape index (κ1) is 12.9. The normalized spacial score (nSPS) is 15.9. The minimum absolute atomic E-state index is 0.0888. The van der Waals surface area contributed by atoms with E-state index in [1.54, 1.807) is 0 Å². The van der Waals surface area contributed by atoms with Crippen molar-refractivity contribution in [2.75, 3.05) is 27.7 Å². The Hall–Kier alpha value is -0.0800. The molecule has 1 N–H and O–H groups in total. The first-order valence-corrected chi connectivity index (χ1v) is 5.23. The third-order valence-electron chi connectivity index (χ3n) is 3.14. The van der Waals surface area contributed by atoms with Crippen LogP contribution in [0.3, 0.4) is 0 Å². The Morgan fingerprint density at radius 3 is 1.77 bits per heavy atom. The van der Waals surface area contributed by atoms with Gasteiger partial charge < -0.3 is 9.59 Å². The Bertz CT molecular complexity index is 145. The van der Waals surface area contributed by atoms with Crippen LogP contribution < -0.4 is 0 Å². The third kappa shape index (κ3) is 4.10. The van der Waals surface area contributed by atoms with Gasteiger partial charge >= 0.3 is 0 Å². The molecule has 1 unspecified atom stereocenters. The largest absolute Gasteiger partial charge is 0.387 e. The van der Waals surface area contributed by atoms with Crippen LogP contribution in [-0.2, 0) is 0 Å². The van der Waals surface area contributed by atoms with E-state index < -0.39 is 0 Å². The van der Waals surface area contributed by atoms with Gasteiger partial charge in [-0.15, -0.1) is 0 Å². The van der Waals surface area contributed by atoms with Crippen LogP contribution in [0.2, 0.25) is 0 Å². The smallest absolute Gasteiger partial charge is 0.108 e. The van der Waals surface area contributed by atoms with Crippen LogP contribution in [0.5, 0.6) is 0 Å². The molecule has 80 valence electrons. The second kappa shape index (κ2) is 4.43. The molecule has 13 heavy (non-hydrogen) atoms. The maximum Gasteiger partial charge on any atom is 0.108 e. The molecule has 0 spiro atoms. The summed E-state index contributed by atoms with van der Waals surface area (Å²) in [6.07, 6.45) is 1.90. The number of nitrogens with zero attached hydrogens (tertiary/aromatic N) is 1. The average molecular weight is 188 g/mol. The Balaban J connectivity index is 4.31. The van der Waals surface area contributed by atoms with E-state index in [1.807, 2.05) is 0 Å². The number of aliphatic hydroxyl groups is 1. The quantitative estimate of drug-likeness (QED) is 0.653. The first-order valence-electron chi connectivity index (χ1n) is 5.23. The summed E-state index contributed by atoms with van der Waals surface area (Å²) < 4.78 is 0.830. The number of hydrogen-bond acceptors (Lipinski definition) is 1. The van der Waals surface area contributed by atoms with Crippen LogP contribution in [0.1, 0.15) is 33.6 Å². The molecule has 0 radical (unpaired) electrons. The maximum atomic E-state index is 10.1. The van der Waals surface area contributed by atoms with Gasteiger partial charge in [0, 0.05) is 0 Å². The van der Waals surface area contributed by atoms with Gasteiger partial charge in [0.1, 0.15) is 12.6 Å². The monoisotopic (exact) mass is 188 g/mol. The number of aliphatic hydroxyl groups excluding tert-OH is 1. The zero-order valence-electron chi connectivity index (χ0n) is 10.1. The van der Waals surface area contributed by atoms with Crippen LogP contribution in [-0.4, -0.2) is 43.4 Å². The maximum absolute atomic E-state index is 10.1. The molecular weight excluding hydrogens is 162 g/mol. The van der Waals surface area contributed by atoms with Crippen molar-refractivity contribution < 1.29 is 9.59 Å². The van der Waals surface area contributed by atoms with Crippen molar-refractivity contribution >= 4 is 0 Å². The molecular formula is C11H26NO+. The van der Waals surface area contributed by atoms with Crippen LogP contribution in [0.15, 0.2) is 0 Å². The molecule has 0 aromatic heterocycles. The van der Waals surface area contributed by atoms with E-state index in [2.05, 4.69) is 41.9 Å². The fourth-order valence-electron chi connectivity index (χ4n) is 1.46. The van der Waals surface area contributed by atoms with Gasteiger partial charge in [-0.1, -0.05) is 20.8 Å². The number of hydrogen-bond donors (Lipinski definition) is 1. The predicted molar refractivity (Wildman–Crippen MR) is 57.6 cm³/mol. The second-order valence-corrected chi connectivity index (χ2v) is 5.35. The van der Waals surface area contributed by atoms with Crippen LogP contribution in [0.4, 0.5) is 0 Å². The van der Waals surface area contributed by atoms with E-state index >= 15 is 0 Å². The van der Waals surface area contributed by atoms with Crippen molar-refractivity contribution in [3.05, 3.63) is 0 Å². The molecule has 0 aliphatic carbocycles. The van der Waals surface area contributed by atoms with Gasteiger partial charge in [0.05, 0.1) is 21.1 Å². The highest BCUT2D eigenvalue weighted by Gasteiger charge is 2.32. The summed E-state index contributed by atoms with van der Waals surface area (Å²) in [6, 6.07) is 0. The summed E-state index contributed by atoms with van der Waals surface area (Å²) in [4.78, 5) is 0. The molecule has 0 aliphatic heterocycles. The highest BCUT2D eigenvalue weighted by Crippen LogP contribution is 2.30. The SMILES string of the molecule is CCC(C)(CC)C(O)C[N+](C)(C)C. The summed E-state index contributed by atoms with van der Waals surface area (Å²) in [5.74, 6) is 0. The Morgan fingerprint density at radius 1 is 1.15 bits per heavy atom. The summed E-state index contributed by atoms with van der Waals surface area (Å²) >= 11 is 0. The number of rotatable bonds is 5. The molecule has 0 saturated heterocycles. The first-order chi connectivity index (χ1) is 5.75. The Morgan fingerprint density at radius 2 is 1.54 bits per heavy atom. The van der Waals surface area contributed by atoms with Gasteiger partial charge in [-0.25, -0.2) is 0 Å². The minimum atomic E-state index is -0.192. The molecule has 0 saturated carbocycles. The predicted octanol–water partition coefficient (Wildman–Crippen LogP) is 1.88. The minimum Gasteiger partial charge on any atom is -0.387 e. The fourth-order valence-corrected chi connectivity index (χ4v) is 1.46. The second-order valence-electron chi connectivity index (χ2n) is 5.35. The molecule has 0 aromatic rings. The van der Waals surface area contributed by atoms with E-state index in [0.29, 0.717) is 0 Å². The molecule has 0 rings (SSSR count). The van der Waals surface area contributed by atoms with Crippen LogP contribution in [0, 0.1) is 5.41 Å². The fraction of sp³-hybridized carbons (Fsp3) is 1.00. The summed E-state index contributed by atoms with van der Waals surface area (Å²) in [6.45, 7) is 7.32. The average Bonchev–Trinajstić information content (AvgIpc) is 2.00. The summed E-state index contributed by atoms with van der Waals surface area (Å²) in [5, 5.41) is 10.1. The summed E-state index contributed by atoms with van der Waals surface area (Å²) in [7, 11) is 6.36. The molecule has 0 amide bonds. The zero-order valence-corrected chi connectivity index (χ0v) is 10.1. The van der Waals surface area contributed by atoms with E-state index in [1.165, 1.54) is 0 Å². The third-order valence-corrected chi connectivity index (χ3v) is 3.14. The highest BCUT2D eigenvalue weighted by molar-refractivity contribution is 4.79. The van der Waals surface area contributed by atoms with Gasteiger partial charge in [-0.2, -0.15) is 0 Å². The lowest BCUT2D eigenvalue weighted by Crippen LogP contribution is -2.47. The van der Waals surface area contributed by atoms with Crippen molar-refractivity contribution in [2.45, 2.75) is 39.7 Å². The Kier molecular flexibility index (Phi) is 4.40. The van der Waals surface area contributed by atoms with Gasteiger partial charge in [0.2, 0.25) is 0 Å². The lowest BCUT2D eigenvalue weighted by atomic mass is 9.79. The van der Waals surface area contributed by atoms with Crippen molar-refractivity contribution in [3.8, 4) is 0 Å². The summed E-state index contributed by atoms with van der Waals surface area (Å²) in [5.41, 5.74) is 0.0888. The molecule has 1 atom stereocenters. The lowest BCUT2D eigenvalue weighted by Gasteiger charge is -2.36. The van der Waals surface area contributed by atoms with Gasteiger partial charge in [-0.05, 0) is 18.3 Å². The van der Waals surface area contributed by atoms with Crippen molar-refractivity contribution in [1.29, 1.82) is 0 Å². The molecule has 0 aliphatic rings. The van der Waals surface area contributed by atoms with Crippen LogP contribution in [0.25, 0.3) is 0 Å². The van der Waals surface area contributed by atoms with Crippen LogP contribution >= 0.6 is 0 Å². The van der Waals surface area contributed by atoms with Gasteiger partial charge in [-0.3, -0.25) is 0 Å². The molecule has 2 heteroatoms. The Labute approximate surface area is 83.2 Å². The molecule has 2 nitrogen and oxygen atoms in total. The standard InChI is InChI=1S/C11H26NO/c1-7-11(3,8-2)10(13)9-12(4,5)6/h10,13H,7-9H2,1-6H3/q+1. The highest BCUT2D eigenvalue weighted by atomic mass is 16.3. The molecule has 0 aromatic carbocycles. The van der Waals surface area contributed by atoms with E-state index in [9.17, 15) is 5.11 Å². The lowest BCUT2D eigenvalue weighted by molar-refractivity contribution is -0.874. The number of likely N-dealkylation sites (N-methyl/N-ethyl adjacent to an activating group) is 1. The van der Waals surface area contributed by atoms with Crippen molar-refractivity contribution in [3.63, 3.8) is 0 Å². The van der Waals surface area contributed by atoms with Crippen molar-refractivity contribution in [1.82, 2.24) is 0 Å². The van der Waals surface area contributed by atoms with Crippen molar-refractivity contribution in [2.24, 2.45) is 5.41 Å². The number of quaternary nitrogens is 1. The van der Waals surface area contributed by atoms with E-state index in [0.717, 1.165) is 23.9 Å². The molecule has 0 bridgehead atoms. The zero-order chi connectivity index (χ0) is 10.7. The van der Waals surface area contributed by atoms with Gasteiger partial charge in [0.25, 0.3) is 0 Å². The van der Waals surface area contributed by atoms with E-state index in [4.69, 9.17) is 0 Å². The van der Waals surface area contributed by atoms with Gasteiger partial charge in [0.15, 0.2) is 0 Å². The van der Waals surface area contributed by atoms with E-state index in [-0.39, 0.29) is 11.5 Å². The topological polar surface area (TPSA) is 20.2 Å².